The van der Waals surface area contributed by atoms with Gasteiger partial charge < -0.3 is 43.4 Å². The van der Waals surface area contributed by atoms with Crippen LogP contribution in [0.5, 0.6) is 0 Å². The lowest BCUT2D eigenvalue weighted by molar-refractivity contribution is -0.697. The highest BCUT2D eigenvalue weighted by Gasteiger charge is 2.20. The van der Waals surface area contributed by atoms with E-state index < -0.39 is 23.5 Å². The summed E-state index contributed by atoms with van der Waals surface area (Å²) in [6.45, 7) is 6.67. The smallest absolute Gasteiger partial charge is 0.379 e. The van der Waals surface area contributed by atoms with Gasteiger partial charge in [-0.05, 0) is 38.5 Å². The van der Waals surface area contributed by atoms with Crippen LogP contribution >= 0.6 is 0 Å². The second-order valence-electron chi connectivity index (χ2n) is 18.6. The number of unbranched alkanes of at least 4 members (excludes halogenated alkanes) is 33. The number of halogens is 2. The zero-order valence-corrected chi connectivity index (χ0v) is 45.2. The van der Waals surface area contributed by atoms with Crippen molar-refractivity contribution in [1.29, 1.82) is 0 Å². The van der Waals surface area contributed by atoms with E-state index >= 15 is 0 Å². The van der Waals surface area contributed by atoms with E-state index in [9.17, 15) is 19.2 Å². The molecule has 0 saturated carbocycles. The Morgan fingerprint density at radius 3 is 0.788 bits per heavy atom. The molecule has 66 heavy (non-hydrogen) atoms. The van der Waals surface area contributed by atoms with Crippen molar-refractivity contribution in [3.8, 4) is 0 Å². The molecule has 2 rings (SSSR count). The zero-order valence-electron chi connectivity index (χ0n) is 42.0. The first-order chi connectivity index (χ1) is 31.5. The number of rotatable bonds is 45. The molecule has 2 aromatic rings. The van der Waals surface area contributed by atoms with Crippen LogP contribution in [-0.2, 0) is 32.2 Å². The van der Waals surface area contributed by atoms with E-state index in [1.165, 1.54) is 193 Å². The topological polar surface area (TPSA) is 94.5 Å². The molecule has 0 amide bonds. The second kappa shape index (κ2) is 46.3. The number of aryl methyl sites for hydroxylation is 2. The van der Waals surface area contributed by atoms with Crippen molar-refractivity contribution in [2.45, 2.75) is 258 Å². The maximum Gasteiger partial charge on any atom is 0.379 e. The van der Waals surface area contributed by atoms with E-state index in [1.807, 2.05) is 24.8 Å². The number of pyridine rings is 2. The summed E-state index contributed by atoms with van der Waals surface area (Å²) in [5.74, 6) is -2.94. The molecule has 0 fully saturated rings. The van der Waals surface area contributed by atoms with Crippen LogP contribution in [0.1, 0.15) is 266 Å². The van der Waals surface area contributed by atoms with Gasteiger partial charge in [0.15, 0.2) is 24.8 Å². The summed E-state index contributed by atoms with van der Waals surface area (Å²) in [6, 6.07) is 6.77. The number of carbonyl (C=O) groups is 4. The van der Waals surface area contributed by atoms with E-state index in [4.69, 9.17) is 9.47 Å². The first kappa shape index (κ1) is 63.5. The van der Waals surface area contributed by atoms with Crippen molar-refractivity contribution < 1.29 is 71.7 Å². The average molecular weight is 1050 g/mol. The quantitative estimate of drug-likeness (QED) is 0.0217. The lowest BCUT2D eigenvalue weighted by Crippen LogP contribution is -3.00. The van der Waals surface area contributed by atoms with E-state index in [2.05, 4.69) is 23.0 Å². The lowest BCUT2D eigenvalue weighted by atomic mass is 10.0. The SMILES string of the molecule is CCCCCCCCCCCCCCCCCC[n+]1ccc(C(=O)C(=O)OCCCCCCOC(=O)C(=O)c2cc[n+](CCCCCCCCCCCCCCCCCC)cc2)cc1.[Br-].[Br-]. The van der Waals surface area contributed by atoms with E-state index in [0.29, 0.717) is 24.0 Å². The Morgan fingerprint density at radius 2 is 0.545 bits per heavy atom. The van der Waals surface area contributed by atoms with Gasteiger partial charge >= 0.3 is 11.9 Å². The summed E-state index contributed by atoms with van der Waals surface area (Å²) in [5.41, 5.74) is 0.676. The van der Waals surface area contributed by atoms with Crippen LogP contribution in [0, 0.1) is 0 Å². The van der Waals surface area contributed by atoms with Crippen LogP contribution in [0.2, 0.25) is 0 Å². The molecule has 2 heterocycles. The highest BCUT2D eigenvalue weighted by Crippen LogP contribution is 2.16. The molecule has 2 aromatic heterocycles. The number of nitrogens with zero attached hydrogens (tertiary/aromatic N) is 2. The maximum absolute atomic E-state index is 12.6. The van der Waals surface area contributed by atoms with Gasteiger partial charge in [0.1, 0.15) is 13.1 Å². The Bertz CT molecular complexity index is 1350. The molecule has 0 aliphatic carbocycles. The molecule has 8 nitrogen and oxygen atoms in total. The van der Waals surface area contributed by atoms with Crippen molar-refractivity contribution >= 4 is 23.5 Å². The molecule has 0 saturated heterocycles. The van der Waals surface area contributed by atoms with Gasteiger partial charge in [-0.3, -0.25) is 9.59 Å². The molecule has 0 aliphatic rings. The Labute approximate surface area is 424 Å². The molecule has 0 unspecified atom stereocenters. The van der Waals surface area contributed by atoms with Crippen LogP contribution in [0.4, 0.5) is 0 Å². The third-order valence-corrected chi connectivity index (χ3v) is 12.7. The van der Waals surface area contributed by atoms with E-state index in [-0.39, 0.29) is 47.2 Å². The highest BCUT2D eigenvalue weighted by molar-refractivity contribution is 6.41. The molecule has 0 spiro atoms. The molecule has 0 bridgehead atoms. The van der Waals surface area contributed by atoms with Gasteiger partial charge in [0.25, 0.3) is 11.6 Å². The van der Waals surface area contributed by atoms with Gasteiger partial charge in [0.2, 0.25) is 0 Å². The molecule has 0 aliphatic heterocycles. The fourth-order valence-electron chi connectivity index (χ4n) is 8.45. The van der Waals surface area contributed by atoms with E-state index in [0.717, 1.165) is 38.8 Å². The minimum absolute atomic E-state index is 0. The normalized spacial score (nSPS) is 10.9. The first-order valence-electron chi connectivity index (χ1n) is 26.9. The number of aromatic nitrogens is 2. The summed E-state index contributed by atoms with van der Waals surface area (Å²) >= 11 is 0. The van der Waals surface area contributed by atoms with Gasteiger partial charge in [0, 0.05) is 48.2 Å². The molecule has 0 N–H and O–H groups in total. The zero-order chi connectivity index (χ0) is 46.0. The molecular formula is C56H94Br2N2O6. The number of esters is 2. The molecule has 0 radical (unpaired) electrons. The molecule has 378 valence electrons. The van der Waals surface area contributed by atoms with Crippen molar-refractivity contribution in [1.82, 2.24) is 0 Å². The molecule has 0 aromatic carbocycles. The first-order valence-corrected chi connectivity index (χ1v) is 26.9. The number of hydrogen-bond acceptors (Lipinski definition) is 6. The van der Waals surface area contributed by atoms with Gasteiger partial charge in [-0.15, -0.1) is 0 Å². The third-order valence-electron chi connectivity index (χ3n) is 12.7. The maximum atomic E-state index is 12.6. The molecule has 10 heteroatoms. The van der Waals surface area contributed by atoms with Gasteiger partial charge in [0.05, 0.1) is 13.2 Å². The van der Waals surface area contributed by atoms with Crippen LogP contribution in [0.15, 0.2) is 49.1 Å². The van der Waals surface area contributed by atoms with Crippen LogP contribution in [0.25, 0.3) is 0 Å². The largest absolute Gasteiger partial charge is 1.00 e. The number of ether oxygens (including phenoxy) is 2. The summed E-state index contributed by atoms with van der Waals surface area (Å²) in [6.07, 6.45) is 53.3. The number of carbonyl (C=O) groups excluding carboxylic acids is 4. The number of hydrogen-bond donors (Lipinski definition) is 0. The average Bonchev–Trinajstić information content (AvgIpc) is 3.31. The Hall–Kier alpha value is -2.46. The number of Topliss-reactive ketones (excluding diaryl/α,β-unsaturated/α-hetero) is 2. The fraction of sp³-hybridized carbons (Fsp3) is 0.750. The minimum Gasteiger partial charge on any atom is -1.00 e. The Kier molecular flexibility index (Phi) is 44.6. The third kappa shape index (κ3) is 34.8. The standard InChI is InChI=1S/C56H94N2O6.2BrH/c1-3-5-7-9-11-13-15-17-19-21-23-25-27-29-31-35-43-57-45-39-51(40-46-57)53(59)55(61)63-49-37-33-34-38-50-64-56(62)54(60)52-41-47-58(48-42-52)44-36-32-30-28-26-24-22-20-18-16-14-12-10-8-6-4-2;;/h39-42,45-48H,3-38,43-44,49-50H2,1-2H3;2*1H/q+2;;/p-2. The predicted octanol–water partition coefficient (Wildman–Crippen LogP) is 8.51. The van der Waals surface area contributed by atoms with Crippen molar-refractivity contribution in [2.24, 2.45) is 0 Å². The van der Waals surface area contributed by atoms with Crippen molar-refractivity contribution in [3.05, 3.63) is 60.2 Å². The van der Waals surface area contributed by atoms with E-state index in [1.54, 1.807) is 24.3 Å². The minimum atomic E-state index is -0.838. The van der Waals surface area contributed by atoms with Crippen LogP contribution in [0.3, 0.4) is 0 Å². The van der Waals surface area contributed by atoms with Crippen LogP contribution < -0.4 is 43.1 Å². The van der Waals surface area contributed by atoms with Crippen LogP contribution in [-0.4, -0.2) is 36.7 Å². The van der Waals surface area contributed by atoms with Gasteiger partial charge in [-0.25, -0.2) is 18.7 Å². The van der Waals surface area contributed by atoms with Crippen molar-refractivity contribution in [2.75, 3.05) is 13.2 Å². The summed E-state index contributed by atoms with van der Waals surface area (Å²) in [7, 11) is 0. The highest BCUT2D eigenvalue weighted by atomic mass is 79.9. The summed E-state index contributed by atoms with van der Waals surface area (Å²) in [5, 5.41) is 0. The summed E-state index contributed by atoms with van der Waals surface area (Å²) < 4.78 is 14.6. The Balaban J connectivity index is 0.0000211. The van der Waals surface area contributed by atoms with Crippen molar-refractivity contribution in [3.63, 3.8) is 0 Å². The predicted molar refractivity (Wildman–Crippen MR) is 261 cm³/mol. The van der Waals surface area contributed by atoms with Gasteiger partial charge in [-0.1, -0.05) is 194 Å². The van der Waals surface area contributed by atoms with Gasteiger partial charge in [-0.2, -0.15) is 0 Å². The number of ketones is 2. The lowest BCUT2D eigenvalue weighted by Gasteiger charge is -2.06. The fourth-order valence-corrected chi connectivity index (χ4v) is 8.45. The molecular weight excluding hydrogens is 956 g/mol. The molecule has 0 atom stereocenters. The summed E-state index contributed by atoms with van der Waals surface area (Å²) in [4.78, 5) is 49.9. The Morgan fingerprint density at radius 1 is 0.333 bits per heavy atom. The second-order valence-corrected chi connectivity index (χ2v) is 18.6. The monoisotopic (exact) mass is 1050 g/mol.